The number of nitrogens with zero attached hydrogens (tertiary/aromatic N) is 2. The predicted octanol–water partition coefficient (Wildman–Crippen LogP) is 10.1. The third-order valence-corrected chi connectivity index (χ3v) is 13.2. The third kappa shape index (κ3) is 4.47. The zero-order chi connectivity index (χ0) is 39.8. The minimum atomic E-state index is -0.0983. The smallest absolute Gasteiger partial charge is 0.256 e. The Kier molecular flexibility index (Phi) is 6.66. The zero-order valence-corrected chi connectivity index (χ0v) is 32.7. The van der Waals surface area contributed by atoms with Crippen LogP contribution >= 0.6 is 0 Å². The fourth-order valence-electron chi connectivity index (χ4n) is 10.7. The van der Waals surface area contributed by atoms with Crippen LogP contribution in [0.5, 0.6) is 23.0 Å². The summed E-state index contributed by atoms with van der Waals surface area (Å²) in [5, 5.41) is 2.11. The Bertz CT molecular complexity index is 3350. The van der Waals surface area contributed by atoms with E-state index in [0.29, 0.717) is 0 Å². The van der Waals surface area contributed by atoms with Gasteiger partial charge in [-0.25, -0.2) is 0 Å². The predicted molar refractivity (Wildman–Crippen MR) is 251 cm³/mol. The molecule has 0 atom stereocenters. The molecule has 61 heavy (non-hydrogen) atoms. The molecule has 9 aromatic carbocycles. The molecule has 282 valence electrons. The molecule has 0 unspecified atom stereocenters. The van der Waals surface area contributed by atoms with E-state index in [-0.39, 0.29) is 13.4 Å². The van der Waals surface area contributed by atoms with Crippen LogP contribution < -0.4 is 52.1 Å². The largest absolute Gasteiger partial charge is 0.456 e. The van der Waals surface area contributed by atoms with Gasteiger partial charge in [0.05, 0.1) is 5.69 Å². The number of anilines is 6. The molecule has 0 spiro atoms. The monoisotopic (exact) mass is 778 g/mol. The maximum atomic E-state index is 7.43. The van der Waals surface area contributed by atoms with Gasteiger partial charge in [0.1, 0.15) is 22.8 Å². The van der Waals surface area contributed by atoms with Gasteiger partial charge in [-0.05, 0) is 92.4 Å². The van der Waals surface area contributed by atoms with E-state index in [0.717, 1.165) is 101 Å². The van der Waals surface area contributed by atoms with Crippen molar-refractivity contribution in [3.63, 3.8) is 0 Å². The maximum absolute atomic E-state index is 7.43. The van der Waals surface area contributed by atoms with Crippen molar-refractivity contribution < 1.29 is 13.9 Å². The minimum absolute atomic E-state index is 0.0983. The molecule has 0 N–H and O–H groups in total. The highest BCUT2D eigenvalue weighted by atomic mass is 16.5. The Morgan fingerprint density at radius 3 is 1.61 bits per heavy atom. The Morgan fingerprint density at radius 1 is 0.426 bits per heavy atom. The number of furan rings is 1. The number of hydrogen-bond donors (Lipinski definition) is 0. The van der Waals surface area contributed by atoms with Crippen LogP contribution in [0.15, 0.2) is 199 Å². The average Bonchev–Trinajstić information content (AvgIpc) is 3.72. The van der Waals surface area contributed by atoms with Gasteiger partial charge in [-0.3, -0.25) is 0 Å². The molecule has 0 bridgehead atoms. The summed E-state index contributed by atoms with van der Waals surface area (Å²) in [5.74, 6) is 3.22. The molecule has 0 radical (unpaired) electrons. The van der Waals surface area contributed by atoms with Gasteiger partial charge in [-0.2, -0.15) is 0 Å². The normalized spacial score (nSPS) is 13.4. The highest BCUT2D eigenvalue weighted by Gasteiger charge is 2.52. The molecule has 7 heteroatoms. The fraction of sp³-hybridized carbons (Fsp3) is 0. The first-order chi connectivity index (χ1) is 30.3. The Labute approximate surface area is 352 Å². The lowest BCUT2D eigenvalue weighted by Gasteiger charge is -2.48. The van der Waals surface area contributed by atoms with Crippen LogP contribution in [0.4, 0.5) is 34.1 Å². The van der Waals surface area contributed by atoms with E-state index in [1.807, 2.05) is 12.1 Å². The molecule has 14 rings (SSSR count). The lowest BCUT2D eigenvalue weighted by atomic mass is 9.29. The van der Waals surface area contributed by atoms with E-state index in [9.17, 15) is 0 Å². The van der Waals surface area contributed by atoms with Crippen LogP contribution in [0.3, 0.4) is 0 Å². The van der Waals surface area contributed by atoms with Crippen molar-refractivity contribution >= 4 is 102 Å². The van der Waals surface area contributed by atoms with Gasteiger partial charge >= 0.3 is 0 Å². The second-order valence-corrected chi connectivity index (χ2v) is 16.3. The van der Waals surface area contributed by atoms with Crippen molar-refractivity contribution in [3.8, 4) is 34.1 Å². The maximum Gasteiger partial charge on any atom is 0.256 e. The molecule has 4 aliphatic rings. The van der Waals surface area contributed by atoms with Crippen molar-refractivity contribution in [3.05, 3.63) is 194 Å². The van der Waals surface area contributed by atoms with Crippen LogP contribution in [-0.2, 0) is 0 Å². The molecule has 0 aliphatic carbocycles. The number of para-hydroxylation sites is 6. The number of ether oxygens (including phenoxy) is 2. The molecular weight excluding hydrogens is 746 g/mol. The first kappa shape index (κ1) is 33.0. The van der Waals surface area contributed by atoms with Crippen molar-refractivity contribution in [2.45, 2.75) is 0 Å². The van der Waals surface area contributed by atoms with Crippen LogP contribution in [-0.4, -0.2) is 13.4 Å². The zero-order valence-electron chi connectivity index (χ0n) is 32.7. The van der Waals surface area contributed by atoms with E-state index in [4.69, 9.17) is 13.9 Å². The summed E-state index contributed by atoms with van der Waals surface area (Å²) in [6.07, 6.45) is 0. The summed E-state index contributed by atoms with van der Waals surface area (Å²) >= 11 is 0. The summed E-state index contributed by atoms with van der Waals surface area (Å²) in [4.78, 5) is 4.81. The fourth-order valence-corrected chi connectivity index (χ4v) is 10.7. The molecule has 0 saturated heterocycles. The van der Waals surface area contributed by atoms with E-state index >= 15 is 0 Å². The molecule has 1 aromatic heterocycles. The summed E-state index contributed by atoms with van der Waals surface area (Å²) in [6, 6.07) is 69.0. The Balaban J connectivity index is 1.15. The quantitative estimate of drug-likeness (QED) is 0.167. The van der Waals surface area contributed by atoms with E-state index < -0.39 is 0 Å². The first-order valence-electron chi connectivity index (χ1n) is 20.9. The summed E-state index contributed by atoms with van der Waals surface area (Å²) < 4.78 is 21.7. The SMILES string of the molecule is c1ccc(-c2ccc(N(c3c4c5c6c7c3Oc3ccccc3B7c3ccccc3N6c3ccccc3B5c3ccccc3O4)c3cccc4c3oc3ccccc34)cc2)cc1. The van der Waals surface area contributed by atoms with Crippen LogP contribution in [0.25, 0.3) is 33.1 Å². The number of hydrogen-bond acceptors (Lipinski definition) is 5. The van der Waals surface area contributed by atoms with Gasteiger partial charge in [-0.15, -0.1) is 0 Å². The molecule has 10 aromatic rings. The minimum Gasteiger partial charge on any atom is -0.456 e. The van der Waals surface area contributed by atoms with Gasteiger partial charge in [0.15, 0.2) is 17.1 Å². The van der Waals surface area contributed by atoms with E-state index in [2.05, 4.69) is 192 Å². The molecular formula is C54H32B2N2O3. The van der Waals surface area contributed by atoms with Crippen LogP contribution in [0, 0.1) is 0 Å². The number of fused-ring (bicyclic) bond motifs is 13. The van der Waals surface area contributed by atoms with Gasteiger partial charge in [0.25, 0.3) is 13.4 Å². The number of rotatable bonds is 4. The van der Waals surface area contributed by atoms with Crippen molar-refractivity contribution in [1.29, 1.82) is 0 Å². The summed E-state index contributed by atoms with van der Waals surface area (Å²) in [6.45, 7) is -0.197. The summed E-state index contributed by atoms with van der Waals surface area (Å²) in [5.41, 5.74) is 17.1. The van der Waals surface area contributed by atoms with Crippen molar-refractivity contribution in [2.24, 2.45) is 0 Å². The lowest BCUT2D eigenvalue weighted by Crippen LogP contribution is -2.67. The second kappa shape index (κ2) is 12.3. The standard InChI is InChI=1S/C54H32B2N2O3/c1-2-15-33(16-3-1)34-29-31-35(32-30-34)57(44-25-14-18-37-36-17-4-11-26-45(36)59-52(37)44)51-53-48-50-49-54(51)61-47-28-13-8-22-41(47)56(49)39-20-6-10-24-43(39)58(50)42-23-9-5-19-38(42)55(48)40-21-7-12-27-46(40)60-53/h1-32H. The molecule has 4 aliphatic heterocycles. The van der Waals surface area contributed by atoms with Crippen LogP contribution in [0.1, 0.15) is 0 Å². The highest BCUT2D eigenvalue weighted by Crippen LogP contribution is 2.55. The lowest BCUT2D eigenvalue weighted by molar-refractivity contribution is 0.468. The molecule has 0 amide bonds. The Hall–Kier alpha value is -7.89. The molecule has 5 heterocycles. The van der Waals surface area contributed by atoms with E-state index in [1.165, 1.54) is 22.3 Å². The number of benzene rings is 9. The highest BCUT2D eigenvalue weighted by molar-refractivity contribution is 7.03. The van der Waals surface area contributed by atoms with Gasteiger partial charge < -0.3 is 23.7 Å². The Morgan fingerprint density at radius 2 is 0.951 bits per heavy atom. The van der Waals surface area contributed by atoms with Gasteiger partial charge in [0, 0.05) is 33.5 Å². The van der Waals surface area contributed by atoms with Crippen molar-refractivity contribution in [1.82, 2.24) is 0 Å². The van der Waals surface area contributed by atoms with Gasteiger partial charge in [-0.1, -0.05) is 146 Å². The average molecular weight is 778 g/mol. The van der Waals surface area contributed by atoms with Gasteiger partial charge in [0.2, 0.25) is 0 Å². The second-order valence-electron chi connectivity index (χ2n) is 16.3. The van der Waals surface area contributed by atoms with E-state index in [1.54, 1.807) is 0 Å². The molecule has 0 fully saturated rings. The topological polar surface area (TPSA) is 38.1 Å². The third-order valence-electron chi connectivity index (χ3n) is 13.2. The van der Waals surface area contributed by atoms with Crippen molar-refractivity contribution in [2.75, 3.05) is 9.80 Å². The van der Waals surface area contributed by atoms with Crippen LogP contribution in [0.2, 0.25) is 0 Å². The molecule has 5 nitrogen and oxygen atoms in total. The first-order valence-corrected chi connectivity index (χ1v) is 20.9. The summed E-state index contributed by atoms with van der Waals surface area (Å²) in [7, 11) is 0. The molecule has 0 saturated carbocycles.